The van der Waals surface area contributed by atoms with Gasteiger partial charge in [0, 0.05) is 0 Å². The summed E-state index contributed by atoms with van der Waals surface area (Å²) >= 11 is 7.46. The summed E-state index contributed by atoms with van der Waals surface area (Å²) in [6, 6.07) is 0. The lowest BCUT2D eigenvalue weighted by Gasteiger charge is -1.99. The van der Waals surface area contributed by atoms with E-state index in [4.69, 9.17) is 10.4 Å². The molecule has 0 aliphatic heterocycles. The van der Waals surface area contributed by atoms with Crippen molar-refractivity contribution in [1.29, 1.82) is 0 Å². The molecule has 0 amide bonds. The molecule has 0 aromatic carbocycles. The van der Waals surface area contributed by atoms with Crippen LogP contribution in [-0.2, 0) is 0 Å². The molecule has 0 aromatic rings. The Morgan fingerprint density at radius 2 is 1.83 bits per heavy atom. The SMILES string of the molecule is ON(O)C(=S)S. The van der Waals surface area contributed by atoms with E-state index in [9.17, 15) is 0 Å². The van der Waals surface area contributed by atoms with E-state index in [2.05, 4.69) is 24.8 Å². The molecule has 3 nitrogen and oxygen atoms in total. The molecule has 0 aliphatic carbocycles. The van der Waals surface area contributed by atoms with Gasteiger partial charge >= 0.3 is 0 Å². The van der Waals surface area contributed by atoms with Crippen molar-refractivity contribution < 1.29 is 10.4 Å². The Morgan fingerprint density at radius 3 is 1.83 bits per heavy atom. The van der Waals surface area contributed by atoms with Gasteiger partial charge in [-0.1, -0.05) is 0 Å². The largest absolute Gasteiger partial charge is 0.263 e. The molecule has 0 spiro atoms. The normalized spacial score (nSPS) is 7.83. The van der Waals surface area contributed by atoms with Crippen molar-refractivity contribution in [2.75, 3.05) is 0 Å². The average molecular weight is 125 g/mol. The van der Waals surface area contributed by atoms with Crippen molar-refractivity contribution in [3.63, 3.8) is 0 Å². The van der Waals surface area contributed by atoms with Gasteiger partial charge in [0.15, 0.2) is 4.32 Å². The van der Waals surface area contributed by atoms with Crippen molar-refractivity contribution in [3.8, 4) is 0 Å². The minimum atomic E-state index is -0.269. The smallest absolute Gasteiger partial charge is 0.187 e. The van der Waals surface area contributed by atoms with Crippen LogP contribution in [0.3, 0.4) is 0 Å². The van der Waals surface area contributed by atoms with Crippen LogP contribution in [0, 0.1) is 0 Å². The minimum absolute atomic E-state index is 0.238. The van der Waals surface area contributed by atoms with Gasteiger partial charge < -0.3 is 0 Å². The number of thiol groups is 1. The third kappa shape index (κ3) is 2.40. The van der Waals surface area contributed by atoms with Crippen LogP contribution in [0.4, 0.5) is 0 Å². The maximum Gasteiger partial charge on any atom is 0.187 e. The van der Waals surface area contributed by atoms with Gasteiger partial charge in [-0.25, -0.2) is 0 Å². The van der Waals surface area contributed by atoms with Gasteiger partial charge in [0.2, 0.25) is 0 Å². The minimum Gasteiger partial charge on any atom is -0.263 e. The molecule has 0 heterocycles. The van der Waals surface area contributed by atoms with Crippen LogP contribution in [-0.4, -0.2) is 20.0 Å². The molecule has 0 saturated heterocycles. The van der Waals surface area contributed by atoms with Crippen molar-refractivity contribution in [2.24, 2.45) is 0 Å². The number of hydrogen-bond donors (Lipinski definition) is 3. The molecule has 5 heteroatoms. The lowest BCUT2D eigenvalue weighted by molar-refractivity contribution is -0.239. The zero-order valence-electron chi connectivity index (χ0n) is 2.70. The summed E-state index contributed by atoms with van der Waals surface area (Å²) in [7, 11) is 0. The first-order valence-electron chi connectivity index (χ1n) is 1.05. The number of hydrogen-bond acceptors (Lipinski definition) is 3. The average Bonchev–Trinajstić information content (AvgIpc) is 1.36. The first-order chi connectivity index (χ1) is 2.64. The topological polar surface area (TPSA) is 43.7 Å². The van der Waals surface area contributed by atoms with E-state index in [0.29, 0.717) is 0 Å². The third-order valence-electron chi connectivity index (χ3n) is 0.171. The lowest BCUT2D eigenvalue weighted by atomic mass is 11.5. The molecular formula is CH3NO2S2. The fourth-order valence-electron chi connectivity index (χ4n) is 0. The van der Waals surface area contributed by atoms with E-state index >= 15 is 0 Å². The standard InChI is InChI=1S/CH3NO2S2/c3-2(4)1(5)6/h3-4H,(H,5,6). The highest BCUT2D eigenvalue weighted by atomic mass is 32.1. The first kappa shape index (κ1) is 6.16. The van der Waals surface area contributed by atoms with E-state index in [1.165, 1.54) is 0 Å². The Bertz CT molecular complexity index is 62.6. The zero-order valence-corrected chi connectivity index (χ0v) is 4.41. The second-order valence-electron chi connectivity index (χ2n) is 0.572. The highest BCUT2D eigenvalue weighted by Crippen LogP contribution is 1.83. The second kappa shape index (κ2) is 2.35. The molecule has 0 aliphatic rings. The molecule has 0 saturated carbocycles. The van der Waals surface area contributed by atoms with E-state index in [0.717, 1.165) is 0 Å². The summed E-state index contributed by atoms with van der Waals surface area (Å²) in [5.41, 5.74) is 0. The Labute approximate surface area is 45.5 Å². The molecule has 0 rings (SSSR count). The van der Waals surface area contributed by atoms with Crippen LogP contribution in [0.1, 0.15) is 0 Å². The van der Waals surface area contributed by atoms with E-state index in [-0.39, 0.29) is 9.55 Å². The Balaban J connectivity index is 3.26. The molecule has 0 unspecified atom stereocenters. The number of hydroxylamine groups is 2. The molecule has 0 fully saturated rings. The highest BCUT2D eigenvalue weighted by molar-refractivity contribution is 8.10. The highest BCUT2D eigenvalue weighted by Gasteiger charge is 1.89. The maximum absolute atomic E-state index is 7.80. The zero-order chi connectivity index (χ0) is 5.15. The molecular weight excluding hydrogens is 122 g/mol. The van der Waals surface area contributed by atoms with Crippen LogP contribution in [0.15, 0.2) is 0 Å². The van der Waals surface area contributed by atoms with Crippen molar-refractivity contribution in [2.45, 2.75) is 0 Å². The number of thiocarbonyl (C=S) groups is 1. The van der Waals surface area contributed by atoms with Gasteiger partial charge in [0.1, 0.15) is 0 Å². The van der Waals surface area contributed by atoms with Gasteiger partial charge in [0.05, 0.1) is 0 Å². The van der Waals surface area contributed by atoms with Gasteiger partial charge in [0.25, 0.3) is 0 Å². The van der Waals surface area contributed by atoms with Crippen LogP contribution in [0.5, 0.6) is 0 Å². The van der Waals surface area contributed by atoms with E-state index < -0.39 is 0 Å². The van der Waals surface area contributed by atoms with Crippen LogP contribution < -0.4 is 0 Å². The lowest BCUT2D eigenvalue weighted by Crippen LogP contribution is -2.15. The van der Waals surface area contributed by atoms with E-state index in [1.807, 2.05) is 0 Å². The summed E-state index contributed by atoms with van der Waals surface area (Å²) in [6.45, 7) is 0. The van der Waals surface area contributed by atoms with Crippen LogP contribution in [0.25, 0.3) is 0 Å². The number of nitrogens with zero attached hydrogens (tertiary/aromatic N) is 1. The predicted molar refractivity (Wildman–Crippen MR) is 27.0 cm³/mol. The van der Waals surface area contributed by atoms with Crippen molar-refractivity contribution >= 4 is 29.2 Å². The monoisotopic (exact) mass is 125 g/mol. The summed E-state index contributed by atoms with van der Waals surface area (Å²) in [5, 5.41) is 15.4. The Kier molecular flexibility index (Phi) is 2.42. The maximum atomic E-state index is 7.80. The van der Waals surface area contributed by atoms with Gasteiger partial charge in [-0.3, -0.25) is 10.4 Å². The summed E-state index contributed by atoms with van der Waals surface area (Å²) in [5.74, 6) is 0. The molecule has 0 bridgehead atoms. The fourth-order valence-corrected chi connectivity index (χ4v) is 0. The molecule has 0 radical (unpaired) electrons. The molecule has 36 valence electrons. The summed E-state index contributed by atoms with van der Waals surface area (Å²) in [6.07, 6.45) is 0. The predicted octanol–water partition coefficient (Wildman–Crippen LogP) is 0.282. The third-order valence-corrected chi connectivity index (χ3v) is 0.513. The molecule has 2 N–H and O–H groups in total. The van der Waals surface area contributed by atoms with Crippen molar-refractivity contribution in [3.05, 3.63) is 0 Å². The summed E-state index contributed by atoms with van der Waals surface area (Å²) < 4.78 is -0.269. The first-order valence-corrected chi connectivity index (χ1v) is 1.91. The van der Waals surface area contributed by atoms with Gasteiger partial charge in [-0.15, -0.1) is 17.9 Å². The fraction of sp³-hybridized carbons (Fsp3) is 0. The van der Waals surface area contributed by atoms with Crippen molar-refractivity contribution in [1.82, 2.24) is 5.23 Å². The second-order valence-corrected chi connectivity index (χ2v) is 1.68. The van der Waals surface area contributed by atoms with Crippen LogP contribution >= 0.6 is 24.8 Å². The molecule has 0 aromatic heterocycles. The van der Waals surface area contributed by atoms with Gasteiger partial charge in [-0.2, -0.15) is 0 Å². The quantitative estimate of drug-likeness (QED) is 0.247. The van der Waals surface area contributed by atoms with E-state index in [1.54, 1.807) is 0 Å². The number of rotatable bonds is 0. The van der Waals surface area contributed by atoms with Crippen LogP contribution in [0.2, 0.25) is 0 Å². The molecule has 6 heavy (non-hydrogen) atoms. The Morgan fingerprint density at radius 1 is 1.67 bits per heavy atom. The Hall–Kier alpha value is 0.160. The van der Waals surface area contributed by atoms with Gasteiger partial charge in [-0.05, 0) is 12.2 Å². The molecule has 0 atom stereocenters. The summed E-state index contributed by atoms with van der Waals surface area (Å²) in [4.78, 5) is 0.